The molecule has 6 nitrogen and oxygen atoms in total. The number of carbonyl (C=O) groups excluding carboxylic acids is 1. The van der Waals surface area contributed by atoms with Crippen LogP contribution in [0.2, 0.25) is 0 Å². The molecule has 3 N–H and O–H groups in total. The number of halogens is 1. The summed E-state index contributed by atoms with van der Waals surface area (Å²) >= 11 is 0. The van der Waals surface area contributed by atoms with Crippen LogP contribution in [0.1, 0.15) is 43.7 Å². The van der Waals surface area contributed by atoms with Gasteiger partial charge in [-0.05, 0) is 49.7 Å². The fourth-order valence-electron chi connectivity index (χ4n) is 4.18. The number of piperidine rings is 1. The second kappa shape index (κ2) is 10.4. The van der Waals surface area contributed by atoms with E-state index in [-0.39, 0.29) is 29.9 Å². The monoisotopic (exact) mass is 500 g/mol. The summed E-state index contributed by atoms with van der Waals surface area (Å²) < 4.78 is 0. The van der Waals surface area contributed by atoms with E-state index in [2.05, 4.69) is 28.5 Å². The zero-order valence-electron chi connectivity index (χ0n) is 16.9. The third-order valence-electron chi connectivity index (χ3n) is 5.82. The van der Waals surface area contributed by atoms with Gasteiger partial charge in [0, 0.05) is 33.1 Å². The Bertz CT molecular complexity index is 689. The van der Waals surface area contributed by atoms with Gasteiger partial charge < -0.3 is 20.6 Å². The highest BCUT2D eigenvalue weighted by atomic mass is 127. The maximum atomic E-state index is 11.6. The van der Waals surface area contributed by atoms with Crippen LogP contribution in [0.5, 0.6) is 0 Å². The molecule has 1 atom stereocenters. The SMILES string of the molecule is CCNC(=NCC1(O)CCc2ccccc21)N1CCC(CC(=O)NC)CC1.I. The third kappa shape index (κ3) is 5.37. The Morgan fingerprint density at radius 2 is 2.04 bits per heavy atom. The van der Waals surface area contributed by atoms with E-state index in [1.807, 2.05) is 18.2 Å². The topological polar surface area (TPSA) is 77.0 Å². The van der Waals surface area contributed by atoms with Crippen LogP contribution >= 0.6 is 24.0 Å². The molecule has 1 fully saturated rings. The lowest BCUT2D eigenvalue weighted by Crippen LogP contribution is -2.46. The van der Waals surface area contributed by atoms with E-state index in [4.69, 9.17) is 4.99 Å². The van der Waals surface area contributed by atoms with Crippen molar-refractivity contribution in [1.29, 1.82) is 0 Å². The maximum absolute atomic E-state index is 11.6. The van der Waals surface area contributed by atoms with E-state index < -0.39 is 5.60 Å². The van der Waals surface area contributed by atoms with Crippen molar-refractivity contribution in [2.24, 2.45) is 10.9 Å². The average molecular weight is 500 g/mol. The van der Waals surface area contributed by atoms with E-state index in [9.17, 15) is 9.90 Å². The van der Waals surface area contributed by atoms with Gasteiger partial charge in [-0.3, -0.25) is 4.79 Å². The van der Waals surface area contributed by atoms with Gasteiger partial charge in [-0.25, -0.2) is 4.99 Å². The highest BCUT2D eigenvalue weighted by Crippen LogP contribution is 2.37. The molecule has 1 heterocycles. The molecule has 1 aromatic carbocycles. The van der Waals surface area contributed by atoms with Crippen LogP contribution in [-0.4, -0.2) is 55.1 Å². The van der Waals surface area contributed by atoms with E-state index in [0.29, 0.717) is 18.9 Å². The molecule has 0 radical (unpaired) electrons. The molecule has 1 unspecified atom stereocenters. The highest BCUT2D eigenvalue weighted by Gasteiger charge is 2.36. The van der Waals surface area contributed by atoms with E-state index >= 15 is 0 Å². The molecule has 0 aromatic heterocycles. The van der Waals surface area contributed by atoms with Crippen molar-refractivity contribution in [3.8, 4) is 0 Å². The molecule has 1 amide bonds. The van der Waals surface area contributed by atoms with Crippen molar-refractivity contribution in [1.82, 2.24) is 15.5 Å². The molecule has 1 aliphatic carbocycles. The predicted octanol–water partition coefficient (Wildman–Crippen LogP) is 2.25. The summed E-state index contributed by atoms with van der Waals surface area (Å²) in [4.78, 5) is 18.6. The number of benzene rings is 1. The minimum atomic E-state index is -0.866. The van der Waals surface area contributed by atoms with Gasteiger partial charge in [-0.15, -0.1) is 24.0 Å². The summed E-state index contributed by atoms with van der Waals surface area (Å²) in [7, 11) is 1.69. The number of hydrogen-bond acceptors (Lipinski definition) is 3. The largest absolute Gasteiger partial charge is 0.383 e. The molecule has 28 heavy (non-hydrogen) atoms. The number of likely N-dealkylation sites (tertiary alicyclic amines) is 1. The van der Waals surface area contributed by atoms with Gasteiger partial charge in [-0.2, -0.15) is 0 Å². The molecule has 1 aromatic rings. The lowest BCUT2D eigenvalue weighted by molar-refractivity contribution is -0.121. The lowest BCUT2D eigenvalue weighted by atomic mass is 9.93. The number of aliphatic imine (C=N–C) groups is 1. The van der Waals surface area contributed by atoms with Gasteiger partial charge in [0.25, 0.3) is 0 Å². The number of carbonyl (C=O) groups is 1. The Morgan fingerprint density at radius 3 is 2.71 bits per heavy atom. The Hall–Kier alpha value is -1.35. The molecule has 3 rings (SSSR count). The first-order valence-electron chi connectivity index (χ1n) is 10.1. The van der Waals surface area contributed by atoms with Gasteiger partial charge in [0.05, 0.1) is 6.54 Å². The highest BCUT2D eigenvalue weighted by molar-refractivity contribution is 14.0. The molecule has 1 saturated heterocycles. The van der Waals surface area contributed by atoms with Crippen molar-refractivity contribution in [2.45, 2.75) is 44.6 Å². The lowest BCUT2D eigenvalue weighted by Gasteiger charge is -2.34. The number of nitrogens with zero attached hydrogens (tertiary/aromatic N) is 2. The Kier molecular flexibility index (Phi) is 8.55. The van der Waals surface area contributed by atoms with Crippen LogP contribution < -0.4 is 10.6 Å². The molecule has 1 aliphatic heterocycles. The van der Waals surface area contributed by atoms with Crippen molar-refractivity contribution < 1.29 is 9.90 Å². The predicted molar refractivity (Wildman–Crippen MR) is 123 cm³/mol. The summed E-state index contributed by atoms with van der Waals surface area (Å²) in [6.45, 7) is 5.02. The maximum Gasteiger partial charge on any atom is 0.220 e. The second-order valence-electron chi connectivity index (χ2n) is 7.67. The zero-order chi connectivity index (χ0) is 19.3. The molecule has 156 valence electrons. The molecule has 0 spiro atoms. The fraction of sp³-hybridized carbons (Fsp3) is 0.619. The van der Waals surface area contributed by atoms with E-state index in [1.165, 1.54) is 5.56 Å². The number of hydrogen-bond donors (Lipinski definition) is 3. The fourth-order valence-corrected chi connectivity index (χ4v) is 4.18. The standard InChI is InChI=1S/C21H32N4O2.HI/c1-3-23-20(25-12-9-16(10-13-25)14-19(26)22-2)24-15-21(27)11-8-17-6-4-5-7-18(17)21;/h4-7,16,27H,3,8-15H2,1-2H3,(H,22,26)(H,23,24);1H. The van der Waals surface area contributed by atoms with Crippen molar-refractivity contribution >= 4 is 35.8 Å². The first-order valence-corrected chi connectivity index (χ1v) is 10.1. The number of aliphatic hydroxyl groups is 1. The Balaban J connectivity index is 0.00000280. The minimum Gasteiger partial charge on any atom is -0.383 e. The summed E-state index contributed by atoms with van der Waals surface area (Å²) in [6.07, 6.45) is 4.22. The Labute approximate surface area is 185 Å². The molecular weight excluding hydrogens is 467 g/mol. The van der Waals surface area contributed by atoms with Crippen LogP contribution in [0.3, 0.4) is 0 Å². The van der Waals surface area contributed by atoms with Gasteiger partial charge >= 0.3 is 0 Å². The number of nitrogens with one attached hydrogen (secondary N) is 2. The molecule has 0 bridgehead atoms. The zero-order valence-corrected chi connectivity index (χ0v) is 19.2. The minimum absolute atomic E-state index is 0. The van der Waals surface area contributed by atoms with E-state index in [0.717, 1.165) is 56.8 Å². The number of guanidine groups is 1. The van der Waals surface area contributed by atoms with Gasteiger partial charge in [0.1, 0.15) is 5.60 Å². The van der Waals surface area contributed by atoms with Crippen LogP contribution in [0.4, 0.5) is 0 Å². The van der Waals surface area contributed by atoms with Gasteiger partial charge in [0.15, 0.2) is 5.96 Å². The second-order valence-corrected chi connectivity index (χ2v) is 7.67. The molecule has 0 saturated carbocycles. The quantitative estimate of drug-likeness (QED) is 0.330. The van der Waals surface area contributed by atoms with Gasteiger partial charge in [0.2, 0.25) is 5.91 Å². The van der Waals surface area contributed by atoms with E-state index in [1.54, 1.807) is 7.05 Å². The molecule has 7 heteroatoms. The Morgan fingerprint density at radius 1 is 1.32 bits per heavy atom. The number of amides is 1. The third-order valence-corrected chi connectivity index (χ3v) is 5.82. The van der Waals surface area contributed by atoms with Crippen LogP contribution in [-0.2, 0) is 16.8 Å². The summed E-state index contributed by atoms with van der Waals surface area (Å²) in [5.41, 5.74) is 1.39. The summed E-state index contributed by atoms with van der Waals surface area (Å²) in [6, 6.07) is 8.14. The van der Waals surface area contributed by atoms with Crippen LogP contribution in [0.25, 0.3) is 0 Å². The number of rotatable bonds is 5. The van der Waals surface area contributed by atoms with Gasteiger partial charge in [-0.1, -0.05) is 24.3 Å². The summed E-state index contributed by atoms with van der Waals surface area (Å²) in [5.74, 6) is 1.43. The summed E-state index contributed by atoms with van der Waals surface area (Å²) in [5, 5.41) is 17.2. The van der Waals surface area contributed by atoms with Crippen LogP contribution in [0.15, 0.2) is 29.3 Å². The first kappa shape index (κ1) is 22.9. The molecular formula is C21H33IN4O2. The van der Waals surface area contributed by atoms with Crippen molar-refractivity contribution in [2.75, 3.05) is 33.2 Å². The average Bonchev–Trinajstić information content (AvgIpc) is 3.03. The number of fused-ring (bicyclic) bond motifs is 1. The number of aryl methyl sites for hydroxylation is 1. The van der Waals surface area contributed by atoms with Crippen molar-refractivity contribution in [3.63, 3.8) is 0 Å². The first-order chi connectivity index (χ1) is 13.1. The van der Waals surface area contributed by atoms with Crippen molar-refractivity contribution in [3.05, 3.63) is 35.4 Å². The smallest absolute Gasteiger partial charge is 0.220 e. The van der Waals surface area contributed by atoms with Crippen LogP contribution in [0, 0.1) is 5.92 Å². The normalized spacial score (nSPS) is 22.4. The molecule has 2 aliphatic rings.